The summed E-state index contributed by atoms with van der Waals surface area (Å²) in [6.07, 6.45) is 1.55. The van der Waals surface area contributed by atoms with Crippen LogP contribution >= 0.6 is 22.6 Å². The van der Waals surface area contributed by atoms with E-state index in [9.17, 15) is 4.79 Å². The van der Waals surface area contributed by atoms with E-state index in [1.807, 2.05) is 0 Å². The average Bonchev–Trinajstić information content (AvgIpc) is 2.05. The molecule has 0 aromatic carbocycles. The van der Waals surface area contributed by atoms with E-state index in [1.165, 1.54) is 11.5 Å². The van der Waals surface area contributed by atoms with Crippen LogP contribution in [0.2, 0.25) is 0 Å². The minimum atomic E-state index is -0.596. The molecule has 0 radical (unpaired) electrons. The SMILES string of the molecule is O=C(NO)c1ccc(I)cn1. The minimum absolute atomic E-state index is 0.202. The summed E-state index contributed by atoms with van der Waals surface area (Å²) in [6.45, 7) is 0. The predicted octanol–water partition coefficient (Wildman–Crippen LogP) is 0.805. The van der Waals surface area contributed by atoms with Crippen LogP contribution in [-0.4, -0.2) is 16.1 Å². The molecule has 0 bridgehead atoms. The van der Waals surface area contributed by atoms with Crippen LogP contribution in [0.3, 0.4) is 0 Å². The second kappa shape index (κ2) is 3.63. The molecular weight excluding hydrogens is 259 g/mol. The highest BCUT2D eigenvalue weighted by molar-refractivity contribution is 14.1. The second-order valence-corrected chi connectivity index (χ2v) is 3.05. The summed E-state index contributed by atoms with van der Waals surface area (Å²) < 4.78 is 0.942. The molecule has 58 valence electrons. The molecule has 0 unspecified atom stereocenters. The molecule has 1 aromatic heterocycles. The lowest BCUT2D eigenvalue weighted by Gasteiger charge is -1.95. The maximum absolute atomic E-state index is 10.7. The van der Waals surface area contributed by atoms with Crippen molar-refractivity contribution in [1.82, 2.24) is 10.5 Å². The third kappa shape index (κ3) is 2.12. The second-order valence-electron chi connectivity index (χ2n) is 1.80. The number of rotatable bonds is 1. The van der Waals surface area contributed by atoms with E-state index >= 15 is 0 Å². The highest BCUT2D eigenvalue weighted by Crippen LogP contribution is 2.02. The Morgan fingerprint density at radius 3 is 2.82 bits per heavy atom. The monoisotopic (exact) mass is 264 g/mol. The molecule has 0 saturated heterocycles. The van der Waals surface area contributed by atoms with Crippen molar-refractivity contribution >= 4 is 28.5 Å². The van der Waals surface area contributed by atoms with Crippen molar-refractivity contribution in [3.63, 3.8) is 0 Å². The van der Waals surface area contributed by atoms with Gasteiger partial charge in [0.15, 0.2) is 0 Å². The van der Waals surface area contributed by atoms with Gasteiger partial charge in [-0.15, -0.1) is 0 Å². The molecule has 5 heteroatoms. The zero-order valence-electron chi connectivity index (χ0n) is 5.41. The first-order valence-corrected chi connectivity index (χ1v) is 3.88. The van der Waals surface area contributed by atoms with Gasteiger partial charge in [-0.25, -0.2) is 10.5 Å². The number of nitrogens with one attached hydrogen (secondary N) is 1. The van der Waals surface area contributed by atoms with Gasteiger partial charge in [-0.1, -0.05) is 0 Å². The number of nitrogens with zero attached hydrogens (tertiary/aromatic N) is 1. The Labute approximate surface area is 76.7 Å². The molecule has 0 fully saturated rings. The third-order valence-corrected chi connectivity index (χ3v) is 1.70. The van der Waals surface area contributed by atoms with Crippen LogP contribution in [0, 0.1) is 3.57 Å². The maximum Gasteiger partial charge on any atom is 0.293 e. The topological polar surface area (TPSA) is 62.2 Å². The van der Waals surface area contributed by atoms with Crippen molar-refractivity contribution in [1.29, 1.82) is 0 Å². The van der Waals surface area contributed by atoms with E-state index in [0.29, 0.717) is 0 Å². The summed E-state index contributed by atoms with van der Waals surface area (Å²) in [6, 6.07) is 3.27. The number of amides is 1. The van der Waals surface area contributed by atoms with E-state index in [0.717, 1.165) is 3.57 Å². The fourth-order valence-electron chi connectivity index (χ4n) is 0.567. The summed E-state index contributed by atoms with van der Waals surface area (Å²) >= 11 is 2.08. The highest BCUT2D eigenvalue weighted by Gasteiger charge is 2.03. The Hall–Kier alpha value is -0.690. The van der Waals surface area contributed by atoms with Crippen LogP contribution in [0.25, 0.3) is 0 Å². The van der Waals surface area contributed by atoms with Gasteiger partial charge in [-0.05, 0) is 34.7 Å². The van der Waals surface area contributed by atoms with Gasteiger partial charge in [0.1, 0.15) is 5.69 Å². The maximum atomic E-state index is 10.7. The zero-order valence-corrected chi connectivity index (χ0v) is 7.57. The van der Waals surface area contributed by atoms with Crippen molar-refractivity contribution in [2.24, 2.45) is 0 Å². The number of hydroxylamine groups is 1. The molecule has 0 aliphatic heterocycles. The molecule has 11 heavy (non-hydrogen) atoms. The average molecular weight is 264 g/mol. The van der Waals surface area contributed by atoms with Crippen molar-refractivity contribution < 1.29 is 10.0 Å². The molecule has 1 rings (SSSR count). The van der Waals surface area contributed by atoms with Gasteiger partial charge in [0.2, 0.25) is 0 Å². The van der Waals surface area contributed by atoms with Crippen LogP contribution in [-0.2, 0) is 0 Å². The number of halogens is 1. The van der Waals surface area contributed by atoms with Gasteiger partial charge >= 0.3 is 0 Å². The molecule has 0 aliphatic carbocycles. The molecule has 1 aromatic rings. The van der Waals surface area contributed by atoms with E-state index in [4.69, 9.17) is 5.21 Å². The van der Waals surface area contributed by atoms with Crippen molar-refractivity contribution in [3.8, 4) is 0 Å². The first-order valence-electron chi connectivity index (χ1n) is 2.80. The number of carbonyl (C=O) groups is 1. The Kier molecular flexibility index (Phi) is 2.77. The van der Waals surface area contributed by atoms with E-state index in [1.54, 1.807) is 12.3 Å². The minimum Gasteiger partial charge on any atom is -0.288 e. The molecule has 4 nitrogen and oxygen atoms in total. The number of carbonyl (C=O) groups excluding carboxylic acids is 1. The van der Waals surface area contributed by atoms with Crippen LogP contribution in [0.5, 0.6) is 0 Å². The summed E-state index contributed by atoms with van der Waals surface area (Å²) in [5.74, 6) is -0.596. The molecule has 0 atom stereocenters. The highest BCUT2D eigenvalue weighted by atomic mass is 127. The van der Waals surface area contributed by atoms with Gasteiger partial charge in [-0.3, -0.25) is 10.0 Å². The summed E-state index contributed by atoms with van der Waals surface area (Å²) in [4.78, 5) is 14.5. The van der Waals surface area contributed by atoms with Gasteiger partial charge < -0.3 is 0 Å². The van der Waals surface area contributed by atoms with E-state index < -0.39 is 5.91 Å². The number of hydrogen-bond acceptors (Lipinski definition) is 3. The molecule has 1 heterocycles. The Morgan fingerprint density at radius 1 is 1.64 bits per heavy atom. The van der Waals surface area contributed by atoms with Gasteiger partial charge in [0.25, 0.3) is 5.91 Å². The largest absolute Gasteiger partial charge is 0.293 e. The molecule has 0 saturated carbocycles. The van der Waals surface area contributed by atoms with Gasteiger partial charge in [0.05, 0.1) is 0 Å². The fraction of sp³-hybridized carbons (Fsp3) is 0. The lowest BCUT2D eigenvalue weighted by atomic mass is 10.3. The molecular formula is C6H5IN2O2. The predicted molar refractivity (Wildman–Crippen MR) is 46.2 cm³/mol. The van der Waals surface area contributed by atoms with Crippen LogP contribution in [0.15, 0.2) is 18.3 Å². The first-order chi connectivity index (χ1) is 5.24. The fourth-order valence-corrected chi connectivity index (χ4v) is 0.886. The number of pyridine rings is 1. The van der Waals surface area contributed by atoms with Crippen LogP contribution in [0.4, 0.5) is 0 Å². The van der Waals surface area contributed by atoms with E-state index in [2.05, 4.69) is 27.6 Å². The third-order valence-electron chi connectivity index (χ3n) is 1.06. The van der Waals surface area contributed by atoms with E-state index in [-0.39, 0.29) is 5.69 Å². The van der Waals surface area contributed by atoms with Gasteiger partial charge in [0, 0.05) is 9.77 Å². The van der Waals surface area contributed by atoms with Crippen molar-refractivity contribution in [2.45, 2.75) is 0 Å². The zero-order chi connectivity index (χ0) is 8.27. The standard InChI is InChI=1S/C6H5IN2O2/c7-4-1-2-5(8-3-4)6(10)9-11/h1-3,11H,(H,9,10). The normalized spacial score (nSPS) is 9.27. The number of hydrogen-bond donors (Lipinski definition) is 2. The first kappa shape index (κ1) is 8.41. The Balaban J connectivity index is 2.90. The summed E-state index contributed by atoms with van der Waals surface area (Å²) in [5, 5.41) is 8.22. The van der Waals surface area contributed by atoms with Crippen LogP contribution in [0.1, 0.15) is 10.5 Å². The van der Waals surface area contributed by atoms with Gasteiger partial charge in [-0.2, -0.15) is 0 Å². The lowest BCUT2D eigenvalue weighted by Crippen LogP contribution is -2.19. The Bertz CT molecular complexity index is 260. The molecule has 0 spiro atoms. The van der Waals surface area contributed by atoms with Crippen LogP contribution < -0.4 is 5.48 Å². The summed E-state index contributed by atoms with van der Waals surface area (Å²) in [5.41, 5.74) is 1.70. The summed E-state index contributed by atoms with van der Waals surface area (Å²) in [7, 11) is 0. The number of aromatic nitrogens is 1. The lowest BCUT2D eigenvalue weighted by molar-refractivity contribution is 0.0700. The quantitative estimate of drug-likeness (QED) is 0.448. The smallest absolute Gasteiger partial charge is 0.288 e. The van der Waals surface area contributed by atoms with Crippen molar-refractivity contribution in [2.75, 3.05) is 0 Å². The molecule has 1 amide bonds. The molecule has 2 N–H and O–H groups in total. The molecule has 0 aliphatic rings. The van der Waals surface area contributed by atoms with Crippen molar-refractivity contribution in [3.05, 3.63) is 27.6 Å². The Morgan fingerprint density at radius 2 is 2.36 bits per heavy atom.